The lowest BCUT2D eigenvalue weighted by Gasteiger charge is -2.07. The van der Waals surface area contributed by atoms with Gasteiger partial charge in [0.1, 0.15) is 5.69 Å². The van der Waals surface area contributed by atoms with Crippen LogP contribution in [0.25, 0.3) is 0 Å². The quantitative estimate of drug-likeness (QED) is 0.749. The Labute approximate surface area is 115 Å². The van der Waals surface area contributed by atoms with Crippen molar-refractivity contribution in [3.05, 3.63) is 48.5 Å². The van der Waals surface area contributed by atoms with E-state index >= 15 is 0 Å². The highest BCUT2D eigenvalue weighted by atomic mass is 32.2. The van der Waals surface area contributed by atoms with Gasteiger partial charge in [0.2, 0.25) is 0 Å². The fourth-order valence-electron chi connectivity index (χ4n) is 1.44. The zero-order valence-electron chi connectivity index (χ0n) is 10.1. The summed E-state index contributed by atoms with van der Waals surface area (Å²) in [4.78, 5) is 19.5. The standard InChI is InChI=1S/C11H11N5O3S/c12-20(18,19)16-9-3-1-2-8(6-9)15-11(17)10-7-13-4-5-14-10/h1-7,16H,(H,15,17)(H2,12,18,19). The highest BCUT2D eigenvalue weighted by molar-refractivity contribution is 7.90. The van der Waals surface area contributed by atoms with Crippen LogP contribution in [0.1, 0.15) is 10.5 Å². The first-order valence-corrected chi connectivity index (χ1v) is 6.97. The third-order valence-electron chi connectivity index (χ3n) is 2.18. The fourth-order valence-corrected chi connectivity index (χ4v) is 1.89. The first-order chi connectivity index (χ1) is 9.44. The maximum atomic E-state index is 11.8. The third-order valence-corrected chi connectivity index (χ3v) is 2.70. The monoisotopic (exact) mass is 293 g/mol. The first kappa shape index (κ1) is 13.9. The van der Waals surface area contributed by atoms with Crippen LogP contribution in [0.5, 0.6) is 0 Å². The predicted molar refractivity (Wildman–Crippen MR) is 73.2 cm³/mol. The molecule has 1 amide bonds. The molecule has 104 valence electrons. The number of hydrogen-bond donors (Lipinski definition) is 3. The molecule has 8 nitrogen and oxygen atoms in total. The minimum atomic E-state index is -3.86. The molecule has 0 radical (unpaired) electrons. The van der Waals surface area contributed by atoms with Gasteiger partial charge in [-0.25, -0.2) is 10.1 Å². The average Bonchev–Trinajstić information content (AvgIpc) is 2.38. The highest BCUT2D eigenvalue weighted by Gasteiger charge is 2.08. The van der Waals surface area contributed by atoms with Gasteiger partial charge >= 0.3 is 0 Å². The molecule has 0 saturated heterocycles. The van der Waals surface area contributed by atoms with Crippen molar-refractivity contribution < 1.29 is 13.2 Å². The molecule has 0 unspecified atom stereocenters. The maximum absolute atomic E-state index is 11.8. The molecule has 1 aromatic heterocycles. The fraction of sp³-hybridized carbons (Fsp3) is 0. The van der Waals surface area contributed by atoms with Crippen LogP contribution < -0.4 is 15.2 Å². The minimum absolute atomic E-state index is 0.150. The molecule has 0 aliphatic heterocycles. The topological polar surface area (TPSA) is 127 Å². The van der Waals surface area contributed by atoms with Gasteiger partial charge in [-0.3, -0.25) is 14.5 Å². The Kier molecular flexibility index (Phi) is 3.91. The molecular weight excluding hydrogens is 282 g/mol. The van der Waals surface area contributed by atoms with Crippen LogP contribution >= 0.6 is 0 Å². The van der Waals surface area contributed by atoms with E-state index in [2.05, 4.69) is 20.0 Å². The van der Waals surface area contributed by atoms with Crippen molar-refractivity contribution in [2.45, 2.75) is 0 Å². The number of nitrogens with one attached hydrogen (secondary N) is 2. The van der Waals surface area contributed by atoms with Crippen molar-refractivity contribution in [1.82, 2.24) is 9.97 Å². The normalized spacial score (nSPS) is 10.8. The van der Waals surface area contributed by atoms with E-state index in [0.29, 0.717) is 5.69 Å². The van der Waals surface area contributed by atoms with Crippen LogP contribution in [0.3, 0.4) is 0 Å². The van der Waals surface area contributed by atoms with Crippen LogP contribution in [0, 0.1) is 0 Å². The van der Waals surface area contributed by atoms with Gasteiger partial charge in [0.15, 0.2) is 0 Å². The van der Waals surface area contributed by atoms with Crippen LogP contribution in [-0.2, 0) is 10.2 Å². The molecule has 4 N–H and O–H groups in total. The molecule has 2 aromatic rings. The molecule has 1 heterocycles. The predicted octanol–water partition coefficient (Wildman–Crippen LogP) is 0.344. The van der Waals surface area contributed by atoms with Crippen LogP contribution in [-0.4, -0.2) is 24.3 Å². The Bertz CT molecular complexity index is 718. The van der Waals surface area contributed by atoms with Crippen LogP contribution in [0.15, 0.2) is 42.9 Å². The number of carbonyl (C=O) groups is 1. The van der Waals surface area contributed by atoms with E-state index in [1.165, 1.54) is 30.7 Å². The number of anilines is 2. The second-order valence-corrected chi connectivity index (χ2v) is 5.07. The molecule has 0 fully saturated rings. The summed E-state index contributed by atoms with van der Waals surface area (Å²) in [6.45, 7) is 0. The zero-order chi connectivity index (χ0) is 14.6. The third kappa shape index (κ3) is 4.00. The number of rotatable bonds is 4. The van der Waals surface area contributed by atoms with E-state index < -0.39 is 16.1 Å². The van der Waals surface area contributed by atoms with E-state index in [4.69, 9.17) is 5.14 Å². The first-order valence-electron chi connectivity index (χ1n) is 5.42. The maximum Gasteiger partial charge on any atom is 0.296 e. The van der Waals surface area contributed by atoms with Gasteiger partial charge in [0.05, 0.1) is 11.9 Å². The number of carbonyl (C=O) groups excluding carboxylic acids is 1. The van der Waals surface area contributed by atoms with E-state index in [1.54, 1.807) is 12.1 Å². The molecule has 0 aliphatic rings. The van der Waals surface area contributed by atoms with Crippen molar-refractivity contribution in [1.29, 1.82) is 0 Å². The van der Waals surface area contributed by atoms with Crippen molar-refractivity contribution >= 4 is 27.5 Å². The number of benzene rings is 1. The Morgan fingerprint density at radius 2 is 1.95 bits per heavy atom. The van der Waals surface area contributed by atoms with Crippen molar-refractivity contribution in [3.63, 3.8) is 0 Å². The lowest BCUT2D eigenvalue weighted by Crippen LogP contribution is -2.21. The molecule has 20 heavy (non-hydrogen) atoms. The smallest absolute Gasteiger partial charge is 0.296 e. The summed E-state index contributed by atoms with van der Waals surface area (Å²) < 4.78 is 23.9. The minimum Gasteiger partial charge on any atom is -0.321 e. The molecule has 9 heteroatoms. The van der Waals surface area contributed by atoms with Crippen molar-refractivity contribution in [2.75, 3.05) is 10.0 Å². The highest BCUT2D eigenvalue weighted by Crippen LogP contribution is 2.16. The Hall–Kier alpha value is -2.52. The molecule has 0 aliphatic carbocycles. The summed E-state index contributed by atoms with van der Waals surface area (Å²) in [5.41, 5.74) is 0.788. The van der Waals surface area contributed by atoms with E-state index in [-0.39, 0.29) is 11.4 Å². The Balaban J connectivity index is 2.14. The van der Waals surface area contributed by atoms with Crippen molar-refractivity contribution in [2.24, 2.45) is 5.14 Å². The number of nitrogens with zero attached hydrogens (tertiary/aromatic N) is 2. The van der Waals surface area contributed by atoms with Gasteiger partial charge in [0.25, 0.3) is 16.1 Å². The molecular formula is C11H11N5O3S. The molecule has 0 atom stereocenters. The second-order valence-electron chi connectivity index (χ2n) is 3.77. The summed E-state index contributed by atoms with van der Waals surface area (Å²) in [6.07, 6.45) is 4.17. The number of nitrogens with two attached hydrogens (primary N) is 1. The average molecular weight is 293 g/mol. The molecule has 1 aromatic carbocycles. The van der Waals surface area contributed by atoms with Crippen LogP contribution in [0.2, 0.25) is 0 Å². The van der Waals surface area contributed by atoms with Crippen molar-refractivity contribution in [3.8, 4) is 0 Å². The SMILES string of the molecule is NS(=O)(=O)Nc1cccc(NC(=O)c2cnccn2)c1. The number of hydrogen-bond acceptors (Lipinski definition) is 5. The number of amides is 1. The molecule has 0 spiro atoms. The van der Waals surface area contributed by atoms with Gasteiger partial charge < -0.3 is 5.32 Å². The molecule has 0 bridgehead atoms. The molecule has 0 saturated carbocycles. The lowest BCUT2D eigenvalue weighted by atomic mass is 10.3. The summed E-state index contributed by atoms with van der Waals surface area (Å²) in [5, 5.41) is 7.43. The zero-order valence-corrected chi connectivity index (χ0v) is 11.0. The van der Waals surface area contributed by atoms with Crippen LogP contribution in [0.4, 0.5) is 11.4 Å². The van der Waals surface area contributed by atoms with Gasteiger partial charge in [0, 0.05) is 18.1 Å². The second kappa shape index (κ2) is 5.63. The Morgan fingerprint density at radius 3 is 2.60 bits per heavy atom. The van der Waals surface area contributed by atoms with Gasteiger partial charge in [-0.2, -0.15) is 8.42 Å². The van der Waals surface area contributed by atoms with Gasteiger partial charge in [-0.15, -0.1) is 0 Å². The van der Waals surface area contributed by atoms with E-state index in [9.17, 15) is 13.2 Å². The lowest BCUT2D eigenvalue weighted by molar-refractivity contribution is 0.102. The van der Waals surface area contributed by atoms with E-state index in [1.807, 2.05) is 0 Å². The largest absolute Gasteiger partial charge is 0.321 e. The molecule has 2 rings (SSSR count). The summed E-state index contributed by atoms with van der Waals surface area (Å²) in [6, 6.07) is 6.10. The van der Waals surface area contributed by atoms with Gasteiger partial charge in [-0.1, -0.05) is 6.07 Å². The van der Waals surface area contributed by atoms with Gasteiger partial charge in [-0.05, 0) is 18.2 Å². The summed E-state index contributed by atoms with van der Waals surface area (Å²) >= 11 is 0. The Morgan fingerprint density at radius 1 is 1.20 bits per heavy atom. The number of aromatic nitrogens is 2. The summed E-state index contributed by atoms with van der Waals surface area (Å²) in [5.74, 6) is -0.453. The van der Waals surface area contributed by atoms with E-state index in [0.717, 1.165) is 0 Å². The summed E-state index contributed by atoms with van der Waals surface area (Å²) in [7, 11) is -3.86.